The lowest BCUT2D eigenvalue weighted by Gasteiger charge is -2.13. The molecule has 1 unspecified atom stereocenters. The van der Waals surface area contributed by atoms with Gasteiger partial charge in [0.2, 0.25) is 5.76 Å². The van der Waals surface area contributed by atoms with E-state index in [4.69, 9.17) is 9.15 Å². The van der Waals surface area contributed by atoms with E-state index in [1.165, 1.54) is 20.3 Å². The third kappa shape index (κ3) is 4.22. The average molecular weight is 282 g/mol. The van der Waals surface area contributed by atoms with Gasteiger partial charge in [-0.05, 0) is 6.42 Å². The van der Waals surface area contributed by atoms with Crippen molar-refractivity contribution in [1.82, 2.24) is 0 Å². The van der Waals surface area contributed by atoms with Crippen molar-refractivity contribution in [2.24, 2.45) is 5.92 Å². The molecule has 0 aliphatic heterocycles. The van der Waals surface area contributed by atoms with Gasteiger partial charge >= 0.3 is 11.9 Å². The number of hydrogen-bond acceptors (Lipinski definition) is 6. The summed E-state index contributed by atoms with van der Waals surface area (Å²) in [5, 5.41) is 0. The van der Waals surface area contributed by atoms with Gasteiger partial charge in [0.25, 0.3) is 0 Å². The summed E-state index contributed by atoms with van der Waals surface area (Å²) in [7, 11) is 2.51. The van der Waals surface area contributed by atoms with Gasteiger partial charge in [-0.25, -0.2) is 4.79 Å². The number of hydrogen-bond donors (Lipinski definition) is 0. The average Bonchev–Trinajstić information content (AvgIpc) is 2.44. The maximum absolute atomic E-state index is 11.6. The van der Waals surface area contributed by atoms with E-state index in [9.17, 15) is 14.4 Å². The predicted octanol–water partition coefficient (Wildman–Crippen LogP) is 1.56. The highest BCUT2D eigenvalue weighted by Gasteiger charge is 2.21. The summed E-state index contributed by atoms with van der Waals surface area (Å²) < 4.78 is 14.5. The Kier molecular flexibility index (Phi) is 5.96. The number of esters is 2. The van der Waals surface area contributed by atoms with Crippen LogP contribution < -0.4 is 5.43 Å². The minimum absolute atomic E-state index is 0.171. The van der Waals surface area contributed by atoms with E-state index in [1.807, 2.05) is 6.92 Å². The van der Waals surface area contributed by atoms with Crippen LogP contribution in [-0.4, -0.2) is 26.2 Å². The third-order valence-electron chi connectivity index (χ3n) is 2.82. The van der Waals surface area contributed by atoms with Crippen LogP contribution in [-0.2, 0) is 20.7 Å². The lowest BCUT2D eigenvalue weighted by Crippen LogP contribution is -2.20. The van der Waals surface area contributed by atoms with Crippen LogP contribution in [0.5, 0.6) is 0 Å². The third-order valence-corrected chi connectivity index (χ3v) is 2.82. The Morgan fingerprint density at radius 2 is 1.95 bits per heavy atom. The molecular formula is C14H18O6. The first-order valence-corrected chi connectivity index (χ1v) is 6.32. The molecule has 6 heteroatoms. The van der Waals surface area contributed by atoms with Crippen LogP contribution in [0, 0.1) is 5.92 Å². The van der Waals surface area contributed by atoms with Crippen molar-refractivity contribution >= 4 is 11.9 Å². The molecule has 0 aromatic carbocycles. The number of methoxy groups -OCH3 is 2. The first-order chi connectivity index (χ1) is 9.51. The van der Waals surface area contributed by atoms with Gasteiger partial charge in [0, 0.05) is 18.6 Å². The maximum atomic E-state index is 11.6. The molecule has 0 saturated carbocycles. The fourth-order valence-corrected chi connectivity index (χ4v) is 1.89. The molecule has 110 valence electrons. The minimum Gasteiger partial charge on any atom is -0.469 e. The molecule has 0 amide bonds. The number of carbonyl (C=O) groups excluding carboxylic acids is 2. The molecule has 1 aromatic rings. The normalized spacial score (nSPS) is 11.8. The van der Waals surface area contributed by atoms with Gasteiger partial charge in [-0.3, -0.25) is 9.59 Å². The van der Waals surface area contributed by atoms with E-state index < -0.39 is 11.9 Å². The Bertz CT molecular complexity index is 531. The van der Waals surface area contributed by atoms with Crippen molar-refractivity contribution in [3.8, 4) is 0 Å². The molecule has 0 aliphatic carbocycles. The zero-order valence-corrected chi connectivity index (χ0v) is 11.8. The van der Waals surface area contributed by atoms with Gasteiger partial charge in [-0.15, -0.1) is 0 Å². The van der Waals surface area contributed by atoms with Crippen LogP contribution in [0.25, 0.3) is 0 Å². The van der Waals surface area contributed by atoms with Crippen molar-refractivity contribution in [2.45, 2.75) is 26.2 Å². The molecule has 0 aliphatic rings. The van der Waals surface area contributed by atoms with Gasteiger partial charge in [0.05, 0.1) is 20.1 Å². The van der Waals surface area contributed by atoms with Crippen molar-refractivity contribution in [2.75, 3.05) is 14.2 Å². The Balaban J connectivity index is 3.00. The fourth-order valence-electron chi connectivity index (χ4n) is 1.89. The van der Waals surface area contributed by atoms with Gasteiger partial charge in [0.15, 0.2) is 5.43 Å². The quantitative estimate of drug-likeness (QED) is 0.736. The Morgan fingerprint density at radius 1 is 1.25 bits per heavy atom. The summed E-state index contributed by atoms with van der Waals surface area (Å²) in [5.74, 6) is -1.40. The molecule has 1 atom stereocenters. The molecule has 6 nitrogen and oxygen atoms in total. The van der Waals surface area contributed by atoms with Gasteiger partial charge in [-0.1, -0.05) is 13.3 Å². The second-order valence-electron chi connectivity index (χ2n) is 4.33. The zero-order valence-electron chi connectivity index (χ0n) is 11.8. The predicted molar refractivity (Wildman–Crippen MR) is 70.4 cm³/mol. The van der Waals surface area contributed by atoms with E-state index in [-0.39, 0.29) is 29.3 Å². The highest BCUT2D eigenvalue weighted by Crippen LogP contribution is 2.16. The van der Waals surface area contributed by atoms with E-state index in [1.54, 1.807) is 0 Å². The second-order valence-corrected chi connectivity index (χ2v) is 4.33. The molecule has 0 saturated heterocycles. The molecule has 0 radical (unpaired) electrons. The summed E-state index contributed by atoms with van der Waals surface area (Å²) in [6.07, 6.45) is 1.61. The highest BCUT2D eigenvalue weighted by molar-refractivity contribution is 5.85. The van der Waals surface area contributed by atoms with Crippen molar-refractivity contribution < 1.29 is 23.5 Å². The standard InChI is InChI=1S/C14H18O6/c1-4-5-9(13(16)18-2)6-11-7-10(15)8-12(20-11)14(17)19-3/h7-9H,4-6H2,1-3H3. The van der Waals surface area contributed by atoms with E-state index in [2.05, 4.69) is 4.74 Å². The number of rotatable bonds is 6. The van der Waals surface area contributed by atoms with Crippen LogP contribution in [0.2, 0.25) is 0 Å². The summed E-state index contributed by atoms with van der Waals surface area (Å²) in [6.45, 7) is 1.94. The molecule has 1 aromatic heterocycles. The largest absolute Gasteiger partial charge is 0.469 e. The Morgan fingerprint density at radius 3 is 2.50 bits per heavy atom. The van der Waals surface area contributed by atoms with E-state index in [0.29, 0.717) is 6.42 Å². The molecule has 20 heavy (non-hydrogen) atoms. The molecule has 0 bridgehead atoms. The molecular weight excluding hydrogens is 264 g/mol. The molecule has 0 spiro atoms. The first-order valence-electron chi connectivity index (χ1n) is 6.32. The van der Waals surface area contributed by atoms with Crippen LogP contribution in [0.1, 0.15) is 36.1 Å². The van der Waals surface area contributed by atoms with Crippen LogP contribution in [0.15, 0.2) is 21.3 Å². The number of ether oxygens (including phenoxy) is 2. The first kappa shape index (κ1) is 15.9. The van der Waals surface area contributed by atoms with Crippen LogP contribution in [0.4, 0.5) is 0 Å². The second kappa shape index (κ2) is 7.47. The molecule has 1 rings (SSSR count). The summed E-state index contributed by atoms with van der Waals surface area (Å²) in [5.41, 5.74) is -0.369. The van der Waals surface area contributed by atoms with Crippen molar-refractivity contribution in [3.63, 3.8) is 0 Å². The fraction of sp³-hybridized carbons (Fsp3) is 0.500. The van der Waals surface area contributed by atoms with Crippen LogP contribution >= 0.6 is 0 Å². The Labute approximate surface area is 116 Å². The summed E-state index contributed by atoms with van der Waals surface area (Å²) >= 11 is 0. The highest BCUT2D eigenvalue weighted by atomic mass is 16.5. The summed E-state index contributed by atoms with van der Waals surface area (Å²) in [6, 6.07) is 2.32. The SMILES string of the molecule is CCCC(Cc1cc(=O)cc(C(=O)OC)o1)C(=O)OC. The summed E-state index contributed by atoms with van der Waals surface area (Å²) in [4.78, 5) is 34.5. The number of carbonyl (C=O) groups is 2. The lowest BCUT2D eigenvalue weighted by atomic mass is 9.98. The topological polar surface area (TPSA) is 82.8 Å². The van der Waals surface area contributed by atoms with Gasteiger partial charge in [0.1, 0.15) is 5.76 Å². The lowest BCUT2D eigenvalue weighted by molar-refractivity contribution is -0.145. The van der Waals surface area contributed by atoms with Crippen molar-refractivity contribution in [1.29, 1.82) is 0 Å². The Hall–Kier alpha value is -2.11. The molecule has 0 N–H and O–H groups in total. The van der Waals surface area contributed by atoms with Crippen LogP contribution in [0.3, 0.4) is 0 Å². The van der Waals surface area contributed by atoms with E-state index >= 15 is 0 Å². The van der Waals surface area contributed by atoms with E-state index in [0.717, 1.165) is 12.5 Å². The maximum Gasteiger partial charge on any atom is 0.374 e. The van der Waals surface area contributed by atoms with Crippen molar-refractivity contribution in [3.05, 3.63) is 33.9 Å². The van der Waals surface area contributed by atoms with Gasteiger partial charge in [-0.2, -0.15) is 0 Å². The van der Waals surface area contributed by atoms with Gasteiger partial charge < -0.3 is 13.9 Å². The zero-order chi connectivity index (χ0) is 15.1. The monoisotopic (exact) mass is 282 g/mol. The smallest absolute Gasteiger partial charge is 0.374 e. The minimum atomic E-state index is -0.728. The molecule has 0 fully saturated rings. The molecule has 1 heterocycles.